The molecule has 1 fully saturated rings. The van der Waals surface area contributed by atoms with Crippen molar-refractivity contribution in [3.8, 4) is 0 Å². The molecule has 1 aromatic carbocycles. The number of carbonyl (C=O) groups is 2. The highest BCUT2D eigenvalue weighted by Crippen LogP contribution is 2.55. The highest BCUT2D eigenvalue weighted by atomic mass is 79.9. The third kappa shape index (κ3) is 2.06. The van der Waals surface area contributed by atoms with E-state index in [0.29, 0.717) is 0 Å². The van der Waals surface area contributed by atoms with E-state index in [1.807, 2.05) is 0 Å². The summed E-state index contributed by atoms with van der Waals surface area (Å²) in [6, 6.07) is 2.87. The molecular formula is C14H12BrF2NO3. The molecule has 1 saturated carbocycles. The minimum Gasteiger partial charge on any atom is -0.468 e. The molecular weight excluding hydrogens is 348 g/mol. The first kappa shape index (κ1) is 14.4. The van der Waals surface area contributed by atoms with Gasteiger partial charge in [0.2, 0.25) is 0 Å². The van der Waals surface area contributed by atoms with Crippen LogP contribution in [0.15, 0.2) is 16.6 Å². The standard InChI is InChI=1S/C14H12BrF2NO3/c1-21-10(19)5-18-6-14(4-9(14)16)11-7(13(18)20)2-3-8(15)12(11)17/h2-3,9H,4-6H2,1H3. The number of benzene rings is 1. The largest absolute Gasteiger partial charge is 0.468 e. The van der Waals surface area contributed by atoms with E-state index < -0.39 is 29.3 Å². The second kappa shape index (κ2) is 4.76. The second-order valence-electron chi connectivity index (χ2n) is 5.35. The number of carbonyl (C=O) groups excluding carboxylic acids is 2. The molecule has 2 unspecified atom stereocenters. The summed E-state index contributed by atoms with van der Waals surface area (Å²) < 4.78 is 33.0. The first-order chi connectivity index (χ1) is 9.90. The fraction of sp³-hybridized carbons (Fsp3) is 0.429. The van der Waals surface area contributed by atoms with Gasteiger partial charge in [0.1, 0.15) is 18.5 Å². The number of ether oxygens (including phenoxy) is 1. The van der Waals surface area contributed by atoms with Crippen LogP contribution in [0.5, 0.6) is 0 Å². The number of nitrogens with zero attached hydrogens (tertiary/aromatic N) is 1. The number of esters is 1. The number of alkyl halides is 1. The highest BCUT2D eigenvalue weighted by Gasteiger charge is 2.62. The van der Waals surface area contributed by atoms with Crippen LogP contribution in [-0.4, -0.2) is 43.1 Å². The van der Waals surface area contributed by atoms with Gasteiger partial charge in [-0.2, -0.15) is 0 Å². The number of halogens is 3. The van der Waals surface area contributed by atoms with Crippen molar-refractivity contribution in [1.82, 2.24) is 4.90 Å². The fourth-order valence-corrected chi connectivity index (χ4v) is 3.24. The van der Waals surface area contributed by atoms with Gasteiger partial charge in [-0.25, -0.2) is 8.78 Å². The van der Waals surface area contributed by atoms with E-state index in [9.17, 15) is 18.4 Å². The third-order valence-electron chi connectivity index (χ3n) is 4.11. The summed E-state index contributed by atoms with van der Waals surface area (Å²) in [6.07, 6.45) is -1.06. The molecule has 1 aromatic rings. The Kier molecular flexibility index (Phi) is 3.27. The summed E-state index contributed by atoms with van der Waals surface area (Å²) in [4.78, 5) is 25.0. The van der Waals surface area contributed by atoms with Crippen LogP contribution in [0, 0.1) is 5.82 Å². The van der Waals surface area contributed by atoms with Gasteiger partial charge in [-0.1, -0.05) is 0 Å². The van der Waals surface area contributed by atoms with Crippen LogP contribution in [0.1, 0.15) is 22.3 Å². The Morgan fingerprint density at radius 1 is 1.57 bits per heavy atom. The average molecular weight is 360 g/mol. The molecule has 1 heterocycles. The van der Waals surface area contributed by atoms with E-state index in [-0.39, 0.29) is 35.1 Å². The van der Waals surface area contributed by atoms with Crippen LogP contribution < -0.4 is 0 Å². The Labute approximate surface area is 128 Å². The Balaban J connectivity index is 2.07. The summed E-state index contributed by atoms with van der Waals surface area (Å²) in [5, 5.41) is 0. The quantitative estimate of drug-likeness (QED) is 0.760. The lowest BCUT2D eigenvalue weighted by atomic mass is 9.85. The predicted molar refractivity (Wildman–Crippen MR) is 73.2 cm³/mol. The van der Waals surface area contributed by atoms with Crippen molar-refractivity contribution < 1.29 is 23.1 Å². The van der Waals surface area contributed by atoms with Gasteiger partial charge in [0, 0.05) is 17.7 Å². The topological polar surface area (TPSA) is 46.6 Å². The van der Waals surface area contributed by atoms with E-state index in [1.54, 1.807) is 0 Å². The first-order valence-corrected chi connectivity index (χ1v) is 7.18. The van der Waals surface area contributed by atoms with Gasteiger partial charge < -0.3 is 9.64 Å². The monoisotopic (exact) mass is 359 g/mol. The second-order valence-corrected chi connectivity index (χ2v) is 6.20. The maximum atomic E-state index is 14.3. The first-order valence-electron chi connectivity index (χ1n) is 6.39. The molecule has 21 heavy (non-hydrogen) atoms. The van der Waals surface area contributed by atoms with E-state index in [2.05, 4.69) is 20.7 Å². The summed E-state index contributed by atoms with van der Waals surface area (Å²) in [5.41, 5.74) is -0.799. The molecule has 0 aromatic heterocycles. The average Bonchev–Trinajstić information content (AvgIpc) is 3.09. The van der Waals surface area contributed by atoms with Crippen LogP contribution in [0.25, 0.3) is 0 Å². The van der Waals surface area contributed by atoms with Crippen molar-refractivity contribution >= 4 is 27.8 Å². The fourth-order valence-electron chi connectivity index (χ4n) is 2.91. The Bertz CT molecular complexity index is 651. The van der Waals surface area contributed by atoms with Crippen molar-refractivity contribution in [2.24, 2.45) is 0 Å². The molecule has 0 bridgehead atoms. The summed E-state index contributed by atoms with van der Waals surface area (Å²) in [5.74, 6) is -1.67. The van der Waals surface area contributed by atoms with Gasteiger partial charge >= 0.3 is 5.97 Å². The molecule has 2 aliphatic rings. The van der Waals surface area contributed by atoms with Crippen molar-refractivity contribution in [3.05, 3.63) is 33.5 Å². The van der Waals surface area contributed by atoms with Gasteiger partial charge in [-0.05, 0) is 34.5 Å². The number of rotatable bonds is 2. The van der Waals surface area contributed by atoms with Crippen molar-refractivity contribution in [2.75, 3.05) is 20.2 Å². The summed E-state index contributed by atoms with van der Waals surface area (Å²) in [6.45, 7) is -0.274. The highest BCUT2D eigenvalue weighted by molar-refractivity contribution is 9.10. The van der Waals surface area contributed by atoms with Gasteiger partial charge in [0.15, 0.2) is 0 Å². The molecule has 1 spiro atoms. The van der Waals surface area contributed by atoms with E-state index in [0.717, 1.165) is 0 Å². The minimum absolute atomic E-state index is 0.0114. The predicted octanol–water partition coefficient (Wildman–Crippen LogP) is 2.20. The molecule has 0 N–H and O–H groups in total. The molecule has 4 nitrogen and oxygen atoms in total. The number of amides is 1. The number of methoxy groups -OCH3 is 1. The maximum Gasteiger partial charge on any atom is 0.325 e. The van der Waals surface area contributed by atoms with E-state index in [1.165, 1.54) is 24.1 Å². The zero-order chi connectivity index (χ0) is 15.4. The van der Waals surface area contributed by atoms with Gasteiger partial charge in [0.25, 0.3) is 5.91 Å². The van der Waals surface area contributed by atoms with Crippen LogP contribution in [0.3, 0.4) is 0 Å². The van der Waals surface area contributed by atoms with E-state index >= 15 is 0 Å². The smallest absolute Gasteiger partial charge is 0.325 e. The zero-order valence-corrected chi connectivity index (χ0v) is 12.7. The summed E-state index contributed by atoms with van der Waals surface area (Å²) >= 11 is 3.06. The van der Waals surface area contributed by atoms with Crippen LogP contribution in [0.2, 0.25) is 0 Å². The van der Waals surface area contributed by atoms with Crippen molar-refractivity contribution in [2.45, 2.75) is 18.0 Å². The number of hydrogen-bond donors (Lipinski definition) is 0. The SMILES string of the molecule is COC(=O)CN1CC2(CC2F)c2c(ccc(Br)c2F)C1=O. The molecule has 2 atom stereocenters. The Hall–Kier alpha value is -1.50. The van der Waals surface area contributed by atoms with Crippen LogP contribution in [-0.2, 0) is 14.9 Å². The van der Waals surface area contributed by atoms with Gasteiger partial charge in [-0.15, -0.1) is 0 Å². The number of fused-ring (bicyclic) bond motifs is 2. The Morgan fingerprint density at radius 2 is 2.24 bits per heavy atom. The van der Waals surface area contributed by atoms with Crippen molar-refractivity contribution in [1.29, 1.82) is 0 Å². The minimum atomic E-state index is -1.21. The van der Waals surface area contributed by atoms with Gasteiger partial charge in [-0.3, -0.25) is 9.59 Å². The van der Waals surface area contributed by atoms with Gasteiger partial charge in [0.05, 0.1) is 17.0 Å². The van der Waals surface area contributed by atoms with Crippen LogP contribution >= 0.6 is 15.9 Å². The van der Waals surface area contributed by atoms with E-state index in [4.69, 9.17) is 0 Å². The van der Waals surface area contributed by atoms with Crippen LogP contribution in [0.4, 0.5) is 8.78 Å². The summed E-state index contributed by atoms with van der Waals surface area (Å²) in [7, 11) is 1.21. The zero-order valence-electron chi connectivity index (χ0n) is 11.2. The van der Waals surface area contributed by atoms with Crippen molar-refractivity contribution in [3.63, 3.8) is 0 Å². The molecule has 1 aliphatic heterocycles. The molecule has 1 amide bonds. The molecule has 0 saturated heterocycles. The lowest BCUT2D eigenvalue weighted by Gasteiger charge is -2.34. The third-order valence-corrected chi connectivity index (χ3v) is 4.73. The lowest BCUT2D eigenvalue weighted by Crippen LogP contribution is -2.47. The molecule has 3 rings (SSSR count). The lowest BCUT2D eigenvalue weighted by molar-refractivity contribution is -0.141. The molecule has 112 valence electrons. The Morgan fingerprint density at radius 3 is 2.81 bits per heavy atom. The normalized spacial score (nSPS) is 26.8. The maximum absolute atomic E-state index is 14.3. The molecule has 0 radical (unpaired) electrons. The molecule has 7 heteroatoms. The molecule has 1 aliphatic carbocycles. The number of hydrogen-bond acceptors (Lipinski definition) is 3.